The molecule has 0 saturated carbocycles. The Morgan fingerprint density at radius 3 is 3.05 bits per heavy atom. The van der Waals surface area contributed by atoms with Gasteiger partial charge in [0.15, 0.2) is 0 Å². The number of rotatable bonds is 3. The minimum absolute atomic E-state index is 0.0501. The Morgan fingerprint density at radius 1 is 1.45 bits per heavy atom. The first kappa shape index (κ1) is 13.1. The summed E-state index contributed by atoms with van der Waals surface area (Å²) in [5.41, 5.74) is 1.80. The van der Waals surface area contributed by atoms with Crippen molar-refractivity contribution in [2.45, 2.75) is 19.4 Å². The second kappa shape index (κ2) is 5.63. The zero-order chi connectivity index (χ0) is 13.9. The van der Waals surface area contributed by atoms with Crippen molar-refractivity contribution in [2.75, 3.05) is 13.1 Å². The number of carbonyl (C=O) groups is 1. The lowest BCUT2D eigenvalue weighted by molar-refractivity contribution is 0.0771. The normalized spacial score (nSPS) is 18.2. The zero-order valence-electron chi connectivity index (χ0n) is 11.3. The summed E-state index contributed by atoms with van der Waals surface area (Å²) in [4.78, 5) is 18.4. The summed E-state index contributed by atoms with van der Waals surface area (Å²) in [7, 11) is 0. The van der Waals surface area contributed by atoms with Gasteiger partial charge in [-0.05, 0) is 18.6 Å². The van der Waals surface area contributed by atoms with Gasteiger partial charge in [0.05, 0.1) is 6.54 Å². The summed E-state index contributed by atoms with van der Waals surface area (Å²) in [5.74, 6) is 0.0911. The van der Waals surface area contributed by atoms with E-state index < -0.39 is 0 Å². The Bertz CT molecular complexity index is 598. The van der Waals surface area contributed by atoms with Crippen LogP contribution in [-0.2, 0) is 0 Å². The van der Waals surface area contributed by atoms with E-state index >= 15 is 0 Å². The molecule has 1 unspecified atom stereocenters. The van der Waals surface area contributed by atoms with Crippen molar-refractivity contribution in [3.05, 3.63) is 47.0 Å². The standard InChI is InChI=1S/C15H16N2O2S/c1-11-4-2-3-5-13(11)14(18)17-8-6-12(10-17)19-15-16-7-9-20-15/h2-5,7,9,12H,6,8,10H2,1H3. The number of hydrogen-bond donors (Lipinski definition) is 0. The molecular formula is C15H16N2O2S. The maximum absolute atomic E-state index is 12.5. The minimum Gasteiger partial charge on any atom is -0.465 e. The molecule has 20 heavy (non-hydrogen) atoms. The lowest BCUT2D eigenvalue weighted by Gasteiger charge is -2.17. The third-order valence-corrected chi connectivity index (χ3v) is 4.15. The fraction of sp³-hybridized carbons (Fsp3) is 0.333. The van der Waals surface area contributed by atoms with Crippen molar-refractivity contribution in [1.82, 2.24) is 9.88 Å². The number of aryl methyl sites for hydroxylation is 1. The second-order valence-electron chi connectivity index (χ2n) is 4.89. The number of amides is 1. The van der Waals surface area contributed by atoms with Gasteiger partial charge in [-0.25, -0.2) is 4.98 Å². The molecule has 0 aliphatic carbocycles. The number of likely N-dealkylation sites (tertiary alicyclic amines) is 1. The van der Waals surface area contributed by atoms with E-state index in [1.807, 2.05) is 41.5 Å². The Balaban J connectivity index is 1.65. The number of hydrogen-bond acceptors (Lipinski definition) is 4. The van der Waals surface area contributed by atoms with Crippen LogP contribution in [-0.4, -0.2) is 35.0 Å². The summed E-state index contributed by atoms with van der Waals surface area (Å²) in [6, 6.07) is 7.70. The lowest BCUT2D eigenvalue weighted by atomic mass is 10.1. The molecule has 1 aliphatic rings. The first-order valence-electron chi connectivity index (χ1n) is 6.65. The van der Waals surface area contributed by atoms with Gasteiger partial charge in [0.25, 0.3) is 11.1 Å². The molecular weight excluding hydrogens is 272 g/mol. The average Bonchev–Trinajstić information content (AvgIpc) is 3.11. The number of ether oxygens (including phenoxy) is 1. The van der Waals surface area contributed by atoms with Gasteiger partial charge >= 0.3 is 0 Å². The molecule has 1 saturated heterocycles. The van der Waals surface area contributed by atoms with Crippen molar-refractivity contribution in [3.63, 3.8) is 0 Å². The number of carbonyl (C=O) groups excluding carboxylic acids is 1. The molecule has 104 valence electrons. The second-order valence-corrected chi connectivity index (χ2v) is 5.75. The highest BCUT2D eigenvalue weighted by molar-refractivity contribution is 7.11. The molecule has 0 N–H and O–H groups in total. The predicted octanol–water partition coefficient (Wildman–Crippen LogP) is 2.75. The molecule has 5 heteroatoms. The molecule has 1 aliphatic heterocycles. The Morgan fingerprint density at radius 2 is 2.30 bits per heavy atom. The quantitative estimate of drug-likeness (QED) is 0.872. The van der Waals surface area contributed by atoms with Crippen molar-refractivity contribution in [3.8, 4) is 5.19 Å². The third-order valence-electron chi connectivity index (χ3n) is 3.48. The van der Waals surface area contributed by atoms with Gasteiger partial charge in [0, 0.05) is 30.1 Å². The summed E-state index contributed by atoms with van der Waals surface area (Å²) < 4.78 is 5.78. The van der Waals surface area contributed by atoms with E-state index in [4.69, 9.17) is 4.74 Å². The molecule has 1 aromatic carbocycles. The number of aromatic nitrogens is 1. The first-order valence-corrected chi connectivity index (χ1v) is 7.53. The van der Waals surface area contributed by atoms with Crippen molar-refractivity contribution in [2.24, 2.45) is 0 Å². The highest BCUT2D eigenvalue weighted by Gasteiger charge is 2.29. The van der Waals surface area contributed by atoms with Gasteiger partial charge in [-0.15, -0.1) is 0 Å². The van der Waals surface area contributed by atoms with Crippen LogP contribution in [0.15, 0.2) is 35.8 Å². The van der Waals surface area contributed by atoms with E-state index in [0.29, 0.717) is 11.7 Å². The largest absolute Gasteiger partial charge is 0.465 e. The topological polar surface area (TPSA) is 42.4 Å². The van der Waals surface area contributed by atoms with Crippen molar-refractivity contribution >= 4 is 17.2 Å². The third kappa shape index (κ3) is 2.67. The SMILES string of the molecule is Cc1ccccc1C(=O)N1CCC(Oc2nccs2)C1. The van der Waals surface area contributed by atoms with Crippen LogP contribution in [0.1, 0.15) is 22.3 Å². The van der Waals surface area contributed by atoms with Gasteiger partial charge in [-0.3, -0.25) is 4.79 Å². The van der Waals surface area contributed by atoms with Crippen LogP contribution in [0.5, 0.6) is 5.19 Å². The number of thiazole rings is 1. The minimum atomic E-state index is 0.0501. The fourth-order valence-electron chi connectivity index (χ4n) is 2.40. The Labute approximate surface area is 122 Å². The highest BCUT2D eigenvalue weighted by atomic mass is 32.1. The van der Waals surface area contributed by atoms with Crippen LogP contribution in [0.3, 0.4) is 0 Å². The summed E-state index contributed by atoms with van der Waals surface area (Å²) in [5, 5.41) is 2.57. The molecule has 0 radical (unpaired) electrons. The average molecular weight is 288 g/mol. The molecule has 4 nitrogen and oxygen atoms in total. The van der Waals surface area contributed by atoms with Crippen LogP contribution < -0.4 is 4.74 Å². The highest BCUT2D eigenvalue weighted by Crippen LogP contribution is 2.22. The first-order chi connectivity index (χ1) is 9.74. The monoisotopic (exact) mass is 288 g/mol. The van der Waals surface area contributed by atoms with E-state index in [2.05, 4.69) is 4.98 Å². The van der Waals surface area contributed by atoms with Crippen LogP contribution in [0.2, 0.25) is 0 Å². The van der Waals surface area contributed by atoms with Gasteiger partial charge in [0.2, 0.25) is 0 Å². The Kier molecular flexibility index (Phi) is 3.69. The molecule has 0 spiro atoms. The van der Waals surface area contributed by atoms with Gasteiger partial charge in [-0.2, -0.15) is 0 Å². The molecule has 3 rings (SSSR count). The van der Waals surface area contributed by atoms with Crippen LogP contribution >= 0.6 is 11.3 Å². The van der Waals surface area contributed by atoms with E-state index in [0.717, 1.165) is 24.1 Å². The zero-order valence-corrected chi connectivity index (χ0v) is 12.1. The fourth-order valence-corrected chi connectivity index (χ4v) is 2.95. The summed E-state index contributed by atoms with van der Waals surface area (Å²) in [6.07, 6.45) is 2.64. The molecule has 1 amide bonds. The molecule has 2 aromatic rings. The van der Waals surface area contributed by atoms with Gasteiger partial charge in [0.1, 0.15) is 6.10 Å². The van der Waals surface area contributed by atoms with E-state index in [1.165, 1.54) is 11.3 Å². The summed E-state index contributed by atoms with van der Waals surface area (Å²) in [6.45, 7) is 3.34. The van der Waals surface area contributed by atoms with Gasteiger partial charge in [-0.1, -0.05) is 29.5 Å². The van der Waals surface area contributed by atoms with Crippen molar-refractivity contribution < 1.29 is 9.53 Å². The number of nitrogens with zero attached hydrogens (tertiary/aromatic N) is 2. The van der Waals surface area contributed by atoms with Crippen LogP contribution in [0.4, 0.5) is 0 Å². The predicted molar refractivity (Wildman–Crippen MR) is 78.2 cm³/mol. The molecule has 0 bridgehead atoms. The lowest BCUT2D eigenvalue weighted by Crippen LogP contribution is -2.31. The van der Waals surface area contributed by atoms with Crippen LogP contribution in [0.25, 0.3) is 0 Å². The summed E-state index contributed by atoms with van der Waals surface area (Å²) >= 11 is 1.48. The van der Waals surface area contributed by atoms with Crippen molar-refractivity contribution in [1.29, 1.82) is 0 Å². The van der Waals surface area contributed by atoms with Crippen LogP contribution in [0, 0.1) is 6.92 Å². The Hall–Kier alpha value is -1.88. The van der Waals surface area contributed by atoms with Gasteiger partial charge < -0.3 is 9.64 Å². The molecule has 1 aromatic heterocycles. The number of benzene rings is 1. The van der Waals surface area contributed by atoms with E-state index in [-0.39, 0.29) is 12.0 Å². The maximum atomic E-state index is 12.5. The smallest absolute Gasteiger partial charge is 0.273 e. The molecule has 2 heterocycles. The maximum Gasteiger partial charge on any atom is 0.273 e. The van der Waals surface area contributed by atoms with E-state index in [9.17, 15) is 4.79 Å². The molecule has 1 fully saturated rings. The van der Waals surface area contributed by atoms with E-state index in [1.54, 1.807) is 6.20 Å². The molecule has 1 atom stereocenters.